The smallest absolute Gasteiger partial charge is 0.0720 e. The zero-order valence-electron chi connectivity index (χ0n) is 10.6. The van der Waals surface area contributed by atoms with Crippen molar-refractivity contribution in [3.8, 4) is 0 Å². The minimum Gasteiger partial charge on any atom is -0.376 e. The lowest BCUT2D eigenvalue weighted by molar-refractivity contribution is 0.0792. The van der Waals surface area contributed by atoms with Crippen molar-refractivity contribution in [2.45, 2.75) is 40.2 Å². The second-order valence-corrected chi connectivity index (χ2v) is 5.12. The van der Waals surface area contributed by atoms with Crippen LogP contribution >= 0.6 is 15.9 Å². The van der Waals surface area contributed by atoms with Crippen LogP contribution in [-0.2, 0) is 11.3 Å². The average Bonchev–Trinajstić information content (AvgIpc) is 2.30. The Morgan fingerprint density at radius 2 is 2.00 bits per heavy atom. The van der Waals surface area contributed by atoms with Crippen LogP contribution in [0, 0.1) is 5.92 Å². The molecule has 1 atom stereocenters. The van der Waals surface area contributed by atoms with Gasteiger partial charge in [0.2, 0.25) is 0 Å². The first-order valence-corrected chi connectivity index (χ1v) is 6.84. The average molecular weight is 285 g/mol. The molecule has 1 nitrogen and oxygen atoms in total. The summed E-state index contributed by atoms with van der Waals surface area (Å²) in [5.74, 6) is 1.21. The molecule has 1 aliphatic heterocycles. The van der Waals surface area contributed by atoms with Gasteiger partial charge in [0.15, 0.2) is 0 Å². The van der Waals surface area contributed by atoms with Crippen LogP contribution in [0.25, 0.3) is 0 Å². The Bertz CT molecular complexity index is 334. The third-order valence-electron chi connectivity index (χ3n) is 2.86. The van der Waals surface area contributed by atoms with E-state index in [1.165, 1.54) is 11.1 Å². The lowest BCUT2D eigenvalue weighted by Gasteiger charge is -2.28. The van der Waals surface area contributed by atoms with Gasteiger partial charge in [-0.05, 0) is 29.2 Å². The summed E-state index contributed by atoms with van der Waals surface area (Å²) in [5.41, 5.74) is 2.80. The molecule has 1 unspecified atom stereocenters. The van der Waals surface area contributed by atoms with Gasteiger partial charge >= 0.3 is 0 Å². The first-order chi connectivity index (χ1) is 7.68. The molecule has 1 heterocycles. The molecule has 0 spiro atoms. The second kappa shape index (κ2) is 6.41. The normalized spacial score (nSPS) is 18.8. The predicted octanol–water partition coefficient (Wildman–Crippen LogP) is 4.75. The van der Waals surface area contributed by atoms with Crippen LogP contribution in [0.2, 0.25) is 0 Å². The molecule has 2 rings (SSSR count). The Labute approximate surface area is 107 Å². The molecule has 0 aliphatic carbocycles. The van der Waals surface area contributed by atoms with Crippen molar-refractivity contribution < 1.29 is 4.74 Å². The van der Waals surface area contributed by atoms with Gasteiger partial charge in [0.05, 0.1) is 13.2 Å². The van der Waals surface area contributed by atoms with E-state index in [1.54, 1.807) is 0 Å². The topological polar surface area (TPSA) is 9.23 Å². The summed E-state index contributed by atoms with van der Waals surface area (Å²) in [4.78, 5) is 0. The molecule has 1 aromatic rings. The highest BCUT2D eigenvalue weighted by molar-refractivity contribution is 9.10. The summed E-state index contributed by atoms with van der Waals surface area (Å²) in [6.07, 6.45) is 0. The van der Waals surface area contributed by atoms with Crippen molar-refractivity contribution in [1.29, 1.82) is 0 Å². The largest absolute Gasteiger partial charge is 0.376 e. The fourth-order valence-electron chi connectivity index (χ4n) is 2.00. The zero-order valence-corrected chi connectivity index (χ0v) is 12.2. The van der Waals surface area contributed by atoms with Crippen molar-refractivity contribution in [1.82, 2.24) is 0 Å². The molecular weight excluding hydrogens is 264 g/mol. The maximum absolute atomic E-state index is 5.60. The van der Waals surface area contributed by atoms with Crippen LogP contribution in [0.3, 0.4) is 0 Å². The SMILES string of the molecule is CC.CC(C)C1COCc2cc(Br)ccc21. The number of halogens is 1. The molecule has 0 radical (unpaired) electrons. The number of rotatable bonds is 1. The van der Waals surface area contributed by atoms with E-state index >= 15 is 0 Å². The van der Waals surface area contributed by atoms with Crippen molar-refractivity contribution in [2.24, 2.45) is 5.92 Å². The van der Waals surface area contributed by atoms with Crippen molar-refractivity contribution in [2.75, 3.05) is 6.61 Å². The fourth-order valence-corrected chi connectivity index (χ4v) is 2.41. The summed E-state index contributed by atoms with van der Waals surface area (Å²) in [6.45, 7) is 10.1. The van der Waals surface area contributed by atoms with Crippen LogP contribution in [0.1, 0.15) is 44.7 Å². The Hall–Kier alpha value is -0.340. The lowest BCUT2D eigenvalue weighted by atomic mass is 9.85. The van der Waals surface area contributed by atoms with Crippen LogP contribution < -0.4 is 0 Å². The summed E-state index contributed by atoms with van der Waals surface area (Å²) in [7, 11) is 0. The maximum atomic E-state index is 5.60. The monoisotopic (exact) mass is 284 g/mol. The molecule has 2 heteroatoms. The van der Waals surface area contributed by atoms with Gasteiger partial charge in [-0.3, -0.25) is 0 Å². The Kier molecular flexibility index (Phi) is 5.50. The molecule has 0 fully saturated rings. The molecule has 0 saturated carbocycles. The van der Waals surface area contributed by atoms with Gasteiger partial charge in [0.25, 0.3) is 0 Å². The van der Waals surface area contributed by atoms with Crippen LogP contribution in [-0.4, -0.2) is 6.61 Å². The highest BCUT2D eigenvalue weighted by atomic mass is 79.9. The van der Waals surface area contributed by atoms with Gasteiger partial charge < -0.3 is 4.74 Å². The summed E-state index contributed by atoms with van der Waals surface area (Å²) >= 11 is 3.49. The number of fused-ring (bicyclic) bond motifs is 1. The number of benzene rings is 1. The van der Waals surface area contributed by atoms with Gasteiger partial charge in [-0.15, -0.1) is 0 Å². The van der Waals surface area contributed by atoms with Gasteiger partial charge in [0, 0.05) is 10.4 Å². The van der Waals surface area contributed by atoms with E-state index in [1.807, 2.05) is 13.8 Å². The molecule has 0 bridgehead atoms. The molecule has 1 aromatic carbocycles. The first-order valence-electron chi connectivity index (χ1n) is 6.04. The number of hydrogen-bond acceptors (Lipinski definition) is 1. The van der Waals surface area contributed by atoms with Crippen LogP contribution in [0.4, 0.5) is 0 Å². The van der Waals surface area contributed by atoms with Gasteiger partial charge in [-0.25, -0.2) is 0 Å². The lowest BCUT2D eigenvalue weighted by Crippen LogP contribution is -2.20. The first kappa shape index (κ1) is 13.7. The molecule has 0 N–H and O–H groups in total. The van der Waals surface area contributed by atoms with Crippen LogP contribution in [0.15, 0.2) is 22.7 Å². The van der Waals surface area contributed by atoms with Crippen molar-refractivity contribution in [3.63, 3.8) is 0 Å². The van der Waals surface area contributed by atoms with E-state index < -0.39 is 0 Å². The van der Waals surface area contributed by atoms with Crippen molar-refractivity contribution >= 4 is 15.9 Å². The van der Waals surface area contributed by atoms with Gasteiger partial charge in [-0.2, -0.15) is 0 Å². The van der Waals surface area contributed by atoms with E-state index in [9.17, 15) is 0 Å². The Balaban J connectivity index is 0.000000606. The molecule has 0 aromatic heterocycles. The van der Waals surface area contributed by atoms with Gasteiger partial charge in [-0.1, -0.05) is 49.7 Å². The van der Waals surface area contributed by atoms with E-state index in [4.69, 9.17) is 4.74 Å². The highest BCUT2D eigenvalue weighted by Crippen LogP contribution is 2.33. The molecule has 0 amide bonds. The Morgan fingerprint density at radius 3 is 2.62 bits per heavy atom. The Morgan fingerprint density at radius 1 is 1.31 bits per heavy atom. The molecular formula is C14H21BrO. The van der Waals surface area contributed by atoms with E-state index in [0.717, 1.165) is 17.7 Å². The fraction of sp³-hybridized carbons (Fsp3) is 0.571. The number of hydrogen-bond donors (Lipinski definition) is 0. The molecule has 1 aliphatic rings. The third kappa shape index (κ3) is 3.08. The molecule has 0 saturated heterocycles. The second-order valence-electron chi connectivity index (χ2n) is 4.21. The summed E-state index contributed by atoms with van der Waals surface area (Å²) in [5, 5.41) is 0. The highest BCUT2D eigenvalue weighted by Gasteiger charge is 2.23. The van der Waals surface area contributed by atoms with E-state index in [-0.39, 0.29) is 0 Å². The third-order valence-corrected chi connectivity index (χ3v) is 3.36. The zero-order chi connectivity index (χ0) is 12.1. The van der Waals surface area contributed by atoms with Crippen LogP contribution in [0.5, 0.6) is 0 Å². The predicted molar refractivity (Wildman–Crippen MR) is 72.7 cm³/mol. The van der Waals surface area contributed by atoms with E-state index in [0.29, 0.717) is 11.8 Å². The van der Waals surface area contributed by atoms with Gasteiger partial charge in [0.1, 0.15) is 0 Å². The summed E-state index contributed by atoms with van der Waals surface area (Å²) < 4.78 is 6.75. The summed E-state index contributed by atoms with van der Waals surface area (Å²) in [6, 6.07) is 6.52. The minimum absolute atomic E-state index is 0.562. The number of ether oxygens (including phenoxy) is 1. The van der Waals surface area contributed by atoms with Crippen molar-refractivity contribution in [3.05, 3.63) is 33.8 Å². The molecule has 16 heavy (non-hydrogen) atoms. The quantitative estimate of drug-likeness (QED) is 0.723. The maximum Gasteiger partial charge on any atom is 0.0720 e. The minimum atomic E-state index is 0.562. The van der Waals surface area contributed by atoms with E-state index in [2.05, 4.69) is 48.0 Å². The molecule has 90 valence electrons. The standard InChI is InChI=1S/C12H15BrO.C2H6/c1-8(2)12-7-14-6-9-5-10(13)3-4-11(9)12;1-2/h3-5,8,12H,6-7H2,1-2H3;1-2H3.